The number of carbonyl (C=O) groups is 2. The molecule has 0 rings (SSSR count). The zero-order valence-electron chi connectivity index (χ0n) is 6.13. The fourth-order valence-corrected chi connectivity index (χ4v) is 0. The molecule has 0 saturated carbocycles. The van der Waals surface area contributed by atoms with Crippen LogP contribution >= 0.6 is 12.4 Å². The summed E-state index contributed by atoms with van der Waals surface area (Å²) >= 11 is 0. The van der Waals surface area contributed by atoms with Crippen molar-refractivity contribution >= 4 is 124 Å². The van der Waals surface area contributed by atoms with Crippen molar-refractivity contribution < 1.29 is 47.5 Å². The van der Waals surface area contributed by atoms with Crippen molar-refractivity contribution in [1.29, 1.82) is 0 Å². The molecule has 0 fully saturated rings. The summed E-state index contributed by atoms with van der Waals surface area (Å²) in [6, 6.07) is 0. The summed E-state index contributed by atoms with van der Waals surface area (Å²) in [6.07, 6.45) is -3.67. The Kier molecular flexibility index (Phi) is 66.2. The van der Waals surface area contributed by atoms with Gasteiger partial charge in [0.1, 0.15) is 0 Å². The summed E-state index contributed by atoms with van der Waals surface area (Å²) in [7, 11) is -4.67. The van der Waals surface area contributed by atoms with E-state index in [0.29, 0.717) is 0 Å². The first-order valence-corrected chi connectivity index (χ1v) is 3.40. The summed E-state index contributed by atoms with van der Waals surface area (Å²) in [6.45, 7) is 0. The first-order chi connectivity index (χ1) is 5.46. The summed E-state index contributed by atoms with van der Waals surface area (Å²) < 4.78 is 31.6. The third-order valence-corrected chi connectivity index (χ3v) is 0. The molecule has 0 aromatic carbocycles. The fourth-order valence-electron chi connectivity index (χ4n) is 0. The van der Waals surface area contributed by atoms with Crippen LogP contribution in [0.1, 0.15) is 0 Å². The van der Waals surface area contributed by atoms with Gasteiger partial charge in [0.25, 0.3) is 0 Å². The van der Waals surface area contributed by atoms with Gasteiger partial charge in [-0.05, 0) is 0 Å². The maximum absolute atomic E-state index is 8.74. The summed E-state index contributed by atoms with van der Waals surface area (Å²) in [4.78, 5) is 17.1. The Hall–Kier alpha value is 1.70. The van der Waals surface area contributed by atoms with E-state index in [1.54, 1.807) is 0 Å². The van der Waals surface area contributed by atoms with Gasteiger partial charge in [0.2, 0.25) is 0 Å². The zero-order chi connectivity index (χ0) is 11.7. The van der Waals surface area contributed by atoms with Crippen LogP contribution in [0.5, 0.6) is 0 Å². The predicted octanol–water partition coefficient (Wildman–Crippen LogP) is -1.73. The van der Waals surface area contributed by atoms with Crippen LogP contribution in [0.4, 0.5) is 9.59 Å². The number of rotatable bonds is 0. The van der Waals surface area contributed by atoms with E-state index in [1.165, 1.54) is 0 Å². The number of halogens is 1. The van der Waals surface area contributed by atoms with Crippen LogP contribution in [-0.4, -0.2) is 139 Å². The van der Waals surface area contributed by atoms with Crippen molar-refractivity contribution in [3.8, 4) is 0 Å². The fraction of sp³-hybridized carbons (Fsp3) is 0. The van der Waals surface area contributed by atoms with Crippen LogP contribution in [0.25, 0.3) is 0 Å². The van der Waals surface area contributed by atoms with Gasteiger partial charge in [0.15, 0.2) is 0 Å². The van der Waals surface area contributed by atoms with Crippen molar-refractivity contribution in [1.82, 2.24) is 0 Å². The number of hydrogen-bond donors (Lipinski definition) is 6. The van der Waals surface area contributed by atoms with Crippen molar-refractivity contribution in [3.05, 3.63) is 0 Å². The molecular formula is C2H10ClNa3O10S. The van der Waals surface area contributed by atoms with Gasteiger partial charge in [-0.2, -0.15) is 8.42 Å². The number of hydrogen-bond acceptors (Lipinski definition) is 4. The van der Waals surface area contributed by atoms with Crippen molar-refractivity contribution in [2.24, 2.45) is 0 Å². The Morgan fingerprint density at radius 1 is 0.706 bits per heavy atom. The molecule has 0 aliphatic heterocycles. The summed E-state index contributed by atoms with van der Waals surface area (Å²) in [5.74, 6) is 0. The minimum absolute atomic E-state index is 0. The molecule has 0 heterocycles. The molecule has 0 amide bonds. The Bertz CT molecular complexity index is 224. The Morgan fingerprint density at radius 2 is 0.706 bits per heavy atom. The second kappa shape index (κ2) is 26.3. The molecule has 0 aromatic heterocycles. The molecule has 0 aromatic rings. The second-order valence-electron chi connectivity index (χ2n) is 1.01. The van der Waals surface area contributed by atoms with E-state index in [-0.39, 0.29) is 101 Å². The minimum atomic E-state index is -4.67. The van der Waals surface area contributed by atoms with Crippen LogP contribution in [0, 0.1) is 0 Å². The SMILES string of the molecule is Cl.O=C(O)O.O=C(O)O.O=S(=O)(O)O.[NaH].[NaH].[NaH]. The van der Waals surface area contributed by atoms with Crippen molar-refractivity contribution in [3.63, 3.8) is 0 Å². The molecule has 94 valence electrons. The van der Waals surface area contributed by atoms with E-state index in [1.807, 2.05) is 0 Å². The van der Waals surface area contributed by atoms with Gasteiger partial charge in [-0.1, -0.05) is 0 Å². The third-order valence-electron chi connectivity index (χ3n) is 0. The maximum atomic E-state index is 8.74. The molecule has 0 radical (unpaired) electrons. The topological polar surface area (TPSA) is 190 Å². The van der Waals surface area contributed by atoms with Crippen LogP contribution in [0.3, 0.4) is 0 Å². The average Bonchev–Trinajstić information content (AvgIpc) is 1.50. The summed E-state index contributed by atoms with van der Waals surface area (Å²) in [5, 5.41) is 27.9. The Balaban J connectivity index is -0.0000000159. The molecule has 0 bridgehead atoms. The Labute approximate surface area is 169 Å². The van der Waals surface area contributed by atoms with Crippen LogP contribution in [0.2, 0.25) is 0 Å². The predicted molar refractivity (Wildman–Crippen MR) is 64.2 cm³/mol. The van der Waals surface area contributed by atoms with Crippen molar-refractivity contribution in [2.45, 2.75) is 0 Å². The third kappa shape index (κ3) is 1510. The van der Waals surface area contributed by atoms with Gasteiger partial charge in [-0.25, -0.2) is 9.59 Å². The molecule has 0 spiro atoms. The summed E-state index contributed by atoms with van der Waals surface area (Å²) in [5.41, 5.74) is 0. The molecule has 15 heteroatoms. The zero-order valence-corrected chi connectivity index (χ0v) is 7.77. The molecule has 0 atom stereocenters. The van der Waals surface area contributed by atoms with Crippen LogP contribution in [-0.2, 0) is 10.4 Å². The first-order valence-electron chi connectivity index (χ1n) is 2.00. The van der Waals surface area contributed by atoms with Gasteiger partial charge < -0.3 is 20.4 Å². The van der Waals surface area contributed by atoms with Crippen LogP contribution < -0.4 is 0 Å². The van der Waals surface area contributed by atoms with Crippen molar-refractivity contribution in [2.75, 3.05) is 0 Å². The van der Waals surface area contributed by atoms with Gasteiger partial charge >= 0.3 is 111 Å². The monoisotopic (exact) mass is 330 g/mol. The molecule has 0 aliphatic carbocycles. The average molecular weight is 331 g/mol. The normalized spacial score (nSPS) is 6.24. The van der Waals surface area contributed by atoms with Gasteiger partial charge in [-0.3, -0.25) is 9.11 Å². The standard InChI is InChI=1S/2CH2O3.ClH.3Na.H2O4S.3H/c2*2-1(3)4;;;;;1-5(2,3)4;;;/h2*(H2,2,3,4);1H;;;;(H2,1,2,3,4);;;. The van der Waals surface area contributed by atoms with E-state index < -0.39 is 22.7 Å². The molecular weight excluding hydrogens is 321 g/mol. The quantitative estimate of drug-likeness (QED) is 0.220. The molecule has 0 aliphatic rings. The van der Waals surface area contributed by atoms with E-state index >= 15 is 0 Å². The molecule has 0 saturated heterocycles. The van der Waals surface area contributed by atoms with E-state index in [4.69, 9.17) is 47.5 Å². The second-order valence-corrected chi connectivity index (χ2v) is 1.91. The molecule has 17 heavy (non-hydrogen) atoms. The molecule has 0 unspecified atom stereocenters. The van der Waals surface area contributed by atoms with Gasteiger partial charge in [0, 0.05) is 0 Å². The molecule has 6 N–H and O–H groups in total. The first kappa shape index (κ1) is 42.8. The van der Waals surface area contributed by atoms with E-state index in [0.717, 1.165) is 0 Å². The van der Waals surface area contributed by atoms with E-state index in [2.05, 4.69) is 0 Å². The van der Waals surface area contributed by atoms with Gasteiger partial charge in [0.05, 0.1) is 0 Å². The van der Waals surface area contributed by atoms with E-state index in [9.17, 15) is 0 Å². The van der Waals surface area contributed by atoms with Crippen LogP contribution in [0.15, 0.2) is 0 Å². The molecule has 10 nitrogen and oxygen atoms in total. The number of carboxylic acid groups (broad SMARTS) is 4. The van der Waals surface area contributed by atoms with Gasteiger partial charge in [-0.15, -0.1) is 12.4 Å². The Morgan fingerprint density at radius 3 is 0.706 bits per heavy atom.